The Hall–Kier alpha value is -2.75. The quantitative estimate of drug-likeness (QED) is 0.640. The number of sulfone groups is 1. The summed E-state index contributed by atoms with van der Waals surface area (Å²) in [5.41, 5.74) is 0.536. The Morgan fingerprint density at radius 1 is 1.26 bits per heavy atom. The maximum atomic E-state index is 12.8. The Morgan fingerprint density at radius 3 is 2.81 bits per heavy atom. The van der Waals surface area contributed by atoms with Gasteiger partial charge in [0.1, 0.15) is 5.82 Å². The van der Waals surface area contributed by atoms with Gasteiger partial charge in [-0.15, -0.1) is 0 Å². The van der Waals surface area contributed by atoms with Crippen molar-refractivity contribution >= 4 is 32.6 Å². The molecular formula is C21H25N3O6S. The van der Waals surface area contributed by atoms with Crippen LogP contribution in [0, 0.1) is 0 Å². The highest BCUT2D eigenvalue weighted by atomic mass is 32.2. The number of esters is 1. The topological polar surface area (TPSA) is 116 Å². The van der Waals surface area contributed by atoms with Crippen molar-refractivity contribution in [2.45, 2.75) is 44.7 Å². The Balaban J connectivity index is 1.46. The molecule has 166 valence electrons. The molecule has 2 aliphatic heterocycles. The summed E-state index contributed by atoms with van der Waals surface area (Å²) in [5, 5.41) is 0.445. The second kappa shape index (κ2) is 8.41. The van der Waals surface area contributed by atoms with Crippen molar-refractivity contribution in [2.75, 3.05) is 25.2 Å². The summed E-state index contributed by atoms with van der Waals surface area (Å²) >= 11 is 0. The fourth-order valence-electron chi connectivity index (χ4n) is 4.14. The first-order chi connectivity index (χ1) is 14.7. The molecule has 0 spiro atoms. The van der Waals surface area contributed by atoms with Crippen molar-refractivity contribution < 1.29 is 22.7 Å². The molecule has 0 bridgehead atoms. The van der Waals surface area contributed by atoms with Crippen LogP contribution in [0.25, 0.3) is 10.9 Å². The normalized spacial score (nSPS) is 20.1. The molecule has 1 saturated heterocycles. The summed E-state index contributed by atoms with van der Waals surface area (Å²) in [7, 11) is -1.60. The smallest absolute Gasteiger partial charge is 0.338 e. The van der Waals surface area contributed by atoms with Crippen molar-refractivity contribution in [1.82, 2.24) is 14.5 Å². The lowest BCUT2D eigenvalue weighted by molar-refractivity contribution is -0.134. The summed E-state index contributed by atoms with van der Waals surface area (Å²) in [6.07, 6.45) is 4.07. The molecule has 9 nitrogen and oxygen atoms in total. The van der Waals surface area contributed by atoms with E-state index < -0.39 is 34.4 Å². The van der Waals surface area contributed by atoms with Gasteiger partial charge in [-0.1, -0.05) is 6.42 Å². The Morgan fingerprint density at radius 2 is 2.06 bits per heavy atom. The lowest BCUT2D eigenvalue weighted by atomic mass is 10.1. The van der Waals surface area contributed by atoms with Crippen molar-refractivity contribution in [3.8, 4) is 0 Å². The summed E-state index contributed by atoms with van der Waals surface area (Å²) in [6.45, 7) is 0.170. The van der Waals surface area contributed by atoms with Gasteiger partial charge in [0.2, 0.25) is 0 Å². The third-order valence-electron chi connectivity index (χ3n) is 6.03. The number of rotatable bonds is 4. The number of aryl methyl sites for hydroxylation is 1. The van der Waals surface area contributed by atoms with Crippen molar-refractivity contribution in [3.05, 3.63) is 39.9 Å². The van der Waals surface area contributed by atoms with Crippen LogP contribution in [0.3, 0.4) is 0 Å². The van der Waals surface area contributed by atoms with E-state index in [4.69, 9.17) is 4.74 Å². The summed E-state index contributed by atoms with van der Waals surface area (Å²) in [5.74, 6) is -0.441. The maximum absolute atomic E-state index is 12.8. The van der Waals surface area contributed by atoms with Crippen LogP contribution in [0.1, 0.15) is 41.9 Å². The zero-order valence-electron chi connectivity index (χ0n) is 17.4. The number of carbonyl (C=O) groups excluding carboxylic acids is 2. The first-order valence-corrected chi connectivity index (χ1v) is 12.2. The van der Waals surface area contributed by atoms with Crippen LogP contribution in [-0.4, -0.2) is 65.9 Å². The average molecular weight is 448 g/mol. The van der Waals surface area contributed by atoms with Crippen LogP contribution in [-0.2, 0) is 32.3 Å². The van der Waals surface area contributed by atoms with E-state index in [-0.39, 0.29) is 22.6 Å². The molecule has 2 aromatic rings. The molecule has 1 aromatic heterocycles. The van der Waals surface area contributed by atoms with Crippen LogP contribution < -0.4 is 5.56 Å². The minimum Gasteiger partial charge on any atom is -0.452 e. The summed E-state index contributed by atoms with van der Waals surface area (Å²) in [6, 6.07) is 4.18. The molecule has 0 unspecified atom stereocenters. The Labute approximate surface area is 179 Å². The molecule has 0 aliphatic carbocycles. The zero-order chi connectivity index (χ0) is 22.2. The zero-order valence-corrected chi connectivity index (χ0v) is 18.2. The highest BCUT2D eigenvalue weighted by molar-refractivity contribution is 7.91. The number of benzene rings is 1. The predicted molar refractivity (Wildman–Crippen MR) is 114 cm³/mol. The van der Waals surface area contributed by atoms with Crippen LogP contribution in [0.2, 0.25) is 0 Å². The Kier molecular flexibility index (Phi) is 5.83. The standard InChI is InChI=1S/C21H25N3O6S/c1-23(15-8-10-31(28,29)13-15)19(25)12-30-21(27)14-6-7-16-17(11-14)22-18-5-3-2-4-9-24(18)20(16)26/h6-7,11,15H,2-5,8-10,12-13H2,1H3/t15-/m0/s1. The molecule has 1 atom stereocenters. The van der Waals surface area contributed by atoms with E-state index >= 15 is 0 Å². The number of carbonyl (C=O) groups is 2. The molecule has 0 saturated carbocycles. The fraction of sp³-hybridized carbons (Fsp3) is 0.524. The summed E-state index contributed by atoms with van der Waals surface area (Å²) in [4.78, 5) is 43.5. The number of ether oxygens (including phenoxy) is 1. The third kappa shape index (κ3) is 4.48. The average Bonchev–Trinajstić information content (AvgIpc) is 2.95. The van der Waals surface area contributed by atoms with E-state index in [2.05, 4.69) is 4.98 Å². The number of aromatic nitrogens is 2. The fourth-order valence-corrected chi connectivity index (χ4v) is 5.92. The van der Waals surface area contributed by atoms with Gasteiger partial charge in [-0.3, -0.25) is 14.2 Å². The van der Waals surface area contributed by atoms with Gasteiger partial charge in [0.15, 0.2) is 16.4 Å². The van der Waals surface area contributed by atoms with Crippen LogP contribution >= 0.6 is 0 Å². The van der Waals surface area contributed by atoms with E-state index in [0.29, 0.717) is 23.9 Å². The lowest BCUT2D eigenvalue weighted by Gasteiger charge is -2.23. The molecule has 0 N–H and O–H groups in total. The molecule has 2 aliphatic rings. The van der Waals surface area contributed by atoms with Gasteiger partial charge in [0, 0.05) is 26.1 Å². The van der Waals surface area contributed by atoms with Crippen molar-refractivity contribution in [2.24, 2.45) is 0 Å². The predicted octanol–water partition coefficient (Wildman–Crippen LogP) is 0.925. The molecule has 0 radical (unpaired) electrons. The number of fused-ring (bicyclic) bond motifs is 2. The van der Waals surface area contributed by atoms with Gasteiger partial charge in [0.25, 0.3) is 11.5 Å². The van der Waals surface area contributed by atoms with Gasteiger partial charge in [-0.2, -0.15) is 0 Å². The SMILES string of the molecule is CN(C(=O)COC(=O)c1ccc2c(=O)n3c(nc2c1)CCCCC3)[C@H]1CCS(=O)(=O)C1. The highest BCUT2D eigenvalue weighted by Crippen LogP contribution is 2.18. The second-order valence-corrected chi connectivity index (χ2v) is 10.4. The number of likely N-dealkylation sites (N-methyl/N-ethyl adjacent to an activating group) is 1. The van der Waals surface area contributed by atoms with Gasteiger partial charge in [0.05, 0.1) is 28.0 Å². The first-order valence-electron chi connectivity index (χ1n) is 10.4. The molecule has 1 amide bonds. The molecule has 4 rings (SSSR count). The molecule has 1 aromatic carbocycles. The number of amides is 1. The van der Waals surface area contributed by atoms with E-state index in [9.17, 15) is 22.8 Å². The molecule has 10 heteroatoms. The maximum Gasteiger partial charge on any atom is 0.338 e. The minimum atomic E-state index is -3.12. The lowest BCUT2D eigenvalue weighted by Crippen LogP contribution is -2.40. The van der Waals surface area contributed by atoms with Gasteiger partial charge in [-0.25, -0.2) is 18.2 Å². The number of hydrogen-bond acceptors (Lipinski definition) is 7. The highest BCUT2D eigenvalue weighted by Gasteiger charge is 2.33. The molecule has 31 heavy (non-hydrogen) atoms. The second-order valence-electron chi connectivity index (χ2n) is 8.17. The molecule has 1 fully saturated rings. The van der Waals surface area contributed by atoms with E-state index in [1.54, 1.807) is 10.6 Å². The van der Waals surface area contributed by atoms with E-state index in [1.807, 2.05) is 0 Å². The van der Waals surface area contributed by atoms with Crippen molar-refractivity contribution in [3.63, 3.8) is 0 Å². The number of hydrogen-bond donors (Lipinski definition) is 0. The van der Waals surface area contributed by atoms with Gasteiger partial charge >= 0.3 is 5.97 Å². The van der Waals surface area contributed by atoms with Gasteiger partial charge in [-0.05, 0) is 37.5 Å². The molecule has 3 heterocycles. The minimum absolute atomic E-state index is 0.0584. The van der Waals surface area contributed by atoms with Crippen LogP contribution in [0.4, 0.5) is 0 Å². The largest absolute Gasteiger partial charge is 0.452 e. The third-order valence-corrected chi connectivity index (χ3v) is 7.78. The molecular weight excluding hydrogens is 422 g/mol. The first kappa shape index (κ1) is 21.5. The Bertz CT molecular complexity index is 1200. The van der Waals surface area contributed by atoms with E-state index in [0.717, 1.165) is 31.5 Å². The number of nitrogens with zero attached hydrogens (tertiary/aromatic N) is 3. The van der Waals surface area contributed by atoms with Crippen LogP contribution in [0.15, 0.2) is 23.0 Å². The monoisotopic (exact) mass is 447 g/mol. The van der Waals surface area contributed by atoms with Crippen molar-refractivity contribution in [1.29, 1.82) is 0 Å². The van der Waals surface area contributed by atoms with Crippen LogP contribution in [0.5, 0.6) is 0 Å². The van der Waals surface area contributed by atoms with Gasteiger partial charge < -0.3 is 9.64 Å². The van der Waals surface area contributed by atoms with E-state index in [1.165, 1.54) is 24.1 Å². The summed E-state index contributed by atoms with van der Waals surface area (Å²) < 4.78 is 30.1.